The maximum Gasteiger partial charge on any atom is 0.414 e. The Morgan fingerprint density at radius 2 is 2.16 bits per heavy atom. The number of nitrogens with one attached hydrogen (secondary N) is 1. The van der Waals surface area contributed by atoms with Gasteiger partial charge in [-0.15, -0.1) is 11.3 Å². The predicted molar refractivity (Wildman–Crippen MR) is 127 cm³/mol. The number of rotatable bonds is 6. The maximum atomic E-state index is 12.4. The van der Waals surface area contributed by atoms with E-state index < -0.39 is 6.09 Å². The standard InChI is InChI=1S/C21H25BrClN5O3S/c1-12(2)27-8-6-14(7-9-27)24-21(29)30-19-13(3)28(20(22)25-19)11-15-10-16(31-26-15)17-4-5-18(23)32-17/h4-5,10,12,14H,6-9,11H2,1-3H3,(H,24,29). The summed E-state index contributed by atoms with van der Waals surface area (Å²) in [6.45, 7) is 8.59. The first-order valence-corrected chi connectivity index (χ1v) is 12.4. The molecule has 1 aliphatic heterocycles. The molecule has 11 heteroatoms. The third-order valence-electron chi connectivity index (χ3n) is 5.60. The molecule has 0 saturated carbocycles. The van der Waals surface area contributed by atoms with Crippen molar-refractivity contribution in [2.45, 2.75) is 52.2 Å². The van der Waals surface area contributed by atoms with Crippen LogP contribution in [0.4, 0.5) is 4.79 Å². The second kappa shape index (κ2) is 9.94. The summed E-state index contributed by atoms with van der Waals surface area (Å²) in [4.78, 5) is 20.1. The van der Waals surface area contributed by atoms with E-state index in [-0.39, 0.29) is 11.9 Å². The second-order valence-electron chi connectivity index (χ2n) is 8.08. The van der Waals surface area contributed by atoms with Crippen LogP contribution >= 0.6 is 38.9 Å². The average molecular weight is 543 g/mol. The molecule has 0 atom stereocenters. The fourth-order valence-electron chi connectivity index (χ4n) is 3.71. The molecular formula is C21H25BrClN5O3S. The molecule has 32 heavy (non-hydrogen) atoms. The van der Waals surface area contributed by atoms with E-state index in [4.69, 9.17) is 20.9 Å². The molecule has 0 aliphatic carbocycles. The van der Waals surface area contributed by atoms with Gasteiger partial charge in [0.1, 0.15) is 5.69 Å². The summed E-state index contributed by atoms with van der Waals surface area (Å²) >= 11 is 10.9. The third-order valence-corrected chi connectivity index (χ3v) is 7.45. The lowest BCUT2D eigenvalue weighted by molar-refractivity contribution is 0.151. The minimum atomic E-state index is -0.480. The van der Waals surface area contributed by atoms with Crippen molar-refractivity contribution in [3.63, 3.8) is 0 Å². The summed E-state index contributed by atoms with van der Waals surface area (Å²) in [7, 11) is 0. The third kappa shape index (κ3) is 5.36. The van der Waals surface area contributed by atoms with Gasteiger partial charge in [0.05, 0.1) is 21.5 Å². The Balaban J connectivity index is 1.37. The van der Waals surface area contributed by atoms with Gasteiger partial charge in [-0.2, -0.15) is 4.98 Å². The van der Waals surface area contributed by atoms with Crippen LogP contribution in [-0.4, -0.2) is 50.9 Å². The minimum Gasteiger partial charge on any atom is -0.389 e. The maximum absolute atomic E-state index is 12.4. The Morgan fingerprint density at radius 1 is 1.41 bits per heavy atom. The highest BCUT2D eigenvalue weighted by Crippen LogP contribution is 2.32. The Labute approximate surface area is 204 Å². The zero-order valence-corrected chi connectivity index (χ0v) is 21.3. The van der Waals surface area contributed by atoms with E-state index in [0.717, 1.165) is 36.5 Å². The SMILES string of the molecule is Cc1c(OC(=O)NC2CCN(C(C)C)CC2)nc(Br)n1Cc1cc(-c2ccc(Cl)s2)on1. The monoisotopic (exact) mass is 541 g/mol. The zero-order chi connectivity index (χ0) is 22.8. The number of hydrogen-bond acceptors (Lipinski definition) is 7. The molecule has 1 amide bonds. The van der Waals surface area contributed by atoms with Crippen molar-refractivity contribution in [3.8, 4) is 16.5 Å². The number of piperidine rings is 1. The molecule has 4 heterocycles. The van der Waals surface area contributed by atoms with Gasteiger partial charge in [0.15, 0.2) is 10.5 Å². The predicted octanol–water partition coefficient (Wildman–Crippen LogP) is 5.33. The summed E-state index contributed by atoms with van der Waals surface area (Å²) in [5, 5.41) is 7.11. The first kappa shape index (κ1) is 23.3. The fraction of sp³-hybridized carbons (Fsp3) is 0.476. The number of carbonyl (C=O) groups excluding carboxylic acids is 1. The zero-order valence-electron chi connectivity index (χ0n) is 18.1. The number of nitrogens with zero attached hydrogens (tertiary/aromatic N) is 4. The van der Waals surface area contributed by atoms with Crippen molar-refractivity contribution in [1.29, 1.82) is 0 Å². The van der Waals surface area contributed by atoms with Crippen molar-refractivity contribution in [2.24, 2.45) is 0 Å². The number of imidazole rings is 1. The average Bonchev–Trinajstić information content (AvgIpc) is 3.45. The highest BCUT2D eigenvalue weighted by atomic mass is 79.9. The molecule has 0 spiro atoms. The molecule has 0 aromatic carbocycles. The van der Waals surface area contributed by atoms with Gasteiger partial charge in [-0.25, -0.2) is 4.79 Å². The molecule has 0 radical (unpaired) electrons. The molecular weight excluding hydrogens is 518 g/mol. The molecule has 0 bridgehead atoms. The summed E-state index contributed by atoms with van der Waals surface area (Å²) in [5.74, 6) is 0.924. The van der Waals surface area contributed by atoms with Gasteiger partial charge >= 0.3 is 6.09 Å². The van der Waals surface area contributed by atoms with Crippen molar-refractivity contribution in [2.75, 3.05) is 13.1 Å². The lowest BCUT2D eigenvalue weighted by Crippen LogP contribution is -2.47. The number of likely N-dealkylation sites (tertiary alicyclic amines) is 1. The van der Waals surface area contributed by atoms with Crippen LogP contribution in [0, 0.1) is 6.92 Å². The van der Waals surface area contributed by atoms with Gasteiger partial charge in [0, 0.05) is 31.2 Å². The smallest absolute Gasteiger partial charge is 0.389 e. The van der Waals surface area contributed by atoms with Crippen LogP contribution in [0.3, 0.4) is 0 Å². The first-order chi connectivity index (χ1) is 15.3. The van der Waals surface area contributed by atoms with Gasteiger partial charge in [-0.1, -0.05) is 16.8 Å². The topological polar surface area (TPSA) is 85.4 Å². The first-order valence-electron chi connectivity index (χ1n) is 10.5. The molecule has 1 aliphatic rings. The van der Waals surface area contributed by atoms with Crippen LogP contribution in [0.5, 0.6) is 5.88 Å². The summed E-state index contributed by atoms with van der Waals surface area (Å²) < 4.78 is 14.1. The molecule has 3 aromatic rings. The lowest BCUT2D eigenvalue weighted by Gasteiger charge is -2.34. The normalized spacial score (nSPS) is 15.4. The fourth-order valence-corrected chi connectivity index (χ4v) is 5.26. The van der Waals surface area contributed by atoms with Crippen LogP contribution in [0.25, 0.3) is 10.6 Å². The Bertz CT molecular complexity index is 1090. The molecule has 0 unspecified atom stereocenters. The number of thiophene rings is 1. The van der Waals surface area contributed by atoms with Crippen molar-refractivity contribution in [3.05, 3.63) is 38.7 Å². The van der Waals surface area contributed by atoms with Gasteiger partial charge in [0.25, 0.3) is 0 Å². The van der Waals surface area contributed by atoms with Crippen LogP contribution in [0.1, 0.15) is 38.1 Å². The number of amides is 1. The number of hydrogen-bond donors (Lipinski definition) is 1. The van der Waals surface area contributed by atoms with E-state index in [1.807, 2.05) is 29.7 Å². The van der Waals surface area contributed by atoms with E-state index in [1.54, 1.807) is 0 Å². The molecule has 1 saturated heterocycles. The quantitative estimate of drug-likeness (QED) is 0.453. The van der Waals surface area contributed by atoms with Gasteiger partial charge in [0.2, 0.25) is 5.88 Å². The molecule has 1 N–H and O–H groups in total. The van der Waals surface area contributed by atoms with Crippen LogP contribution in [0.15, 0.2) is 27.5 Å². The van der Waals surface area contributed by atoms with Crippen molar-refractivity contribution >= 4 is 45.0 Å². The van der Waals surface area contributed by atoms with Crippen molar-refractivity contribution < 1.29 is 14.1 Å². The molecule has 4 rings (SSSR count). The molecule has 1 fully saturated rings. The highest BCUT2D eigenvalue weighted by molar-refractivity contribution is 9.10. The summed E-state index contributed by atoms with van der Waals surface area (Å²) in [5.41, 5.74) is 1.43. The number of ether oxygens (including phenoxy) is 1. The van der Waals surface area contributed by atoms with Gasteiger partial charge in [-0.05, 0) is 61.7 Å². The van der Waals surface area contributed by atoms with Crippen LogP contribution in [0.2, 0.25) is 4.34 Å². The van der Waals surface area contributed by atoms with E-state index in [1.165, 1.54) is 11.3 Å². The Kier molecular flexibility index (Phi) is 7.24. The second-order valence-corrected chi connectivity index (χ2v) is 10.5. The van der Waals surface area contributed by atoms with Crippen LogP contribution < -0.4 is 10.1 Å². The molecule has 3 aromatic heterocycles. The Hall–Kier alpha value is -1.88. The van der Waals surface area contributed by atoms with E-state index in [9.17, 15) is 4.79 Å². The Morgan fingerprint density at radius 3 is 2.81 bits per heavy atom. The largest absolute Gasteiger partial charge is 0.414 e. The minimum absolute atomic E-state index is 0.114. The van der Waals surface area contributed by atoms with E-state index in [2.05, 4.69) is 50.1 Å². The number of aromatic nitrogens is 3. The van der Waals surface area contributed by atoms with Gasteiger partial charge in [-0.3, -0.25) is 0 Å². The summed E-state index contributed by atoms with van der Waals surface area (Å²) in [6, 6.07) is 6.22. The van der Waals surface area contributed by atoms with E-state index in [0.29, 0.717) is 33.1 Å². The van der Waals surface area contributed by atoms with Gasteiger partial charge < -0.3 is 24.0 Å². The summed E-state index contributed by atoms with van der Waals surface area (Å²) in [6.07, 6.45) is 1.34. The molecule has 8 nitrogen and oxygen atoms in total. The molecule has 172 valence electrons. The number of halogens is 2. The lowest BCUT2D eigenvalue weighted by atomic mass is 10.0. The van der Waals surface area contributed by atoms with E-state index >= 15 is 0 Å². The van der Waals surface area contributed by atoms with Crippen molar-refractivity contribution in [1.82, 2.24) is 24.9 Å². The van der Waals surface area contributed by atoms with Crippen LogP contribution in [-0.2, 0) is 6.54 Å². The number of carbonyl (C=O) groups is 1. The highest BCUT2D eigenvalue weighted by Gasteiger charge is 2.24.